The van der Waals surface area contributed by atoms with Crippen molar-refractivity contribution in [2.45, 2.75) is 44.7 Å². The van der Waals surface area contributed by atoms with E-state index in [0.717, 1.165) is 47.9 Å². The molecule has 5 rings (SSSR count). The zero-order valence-corrected chi connectivity index (χ0v) is 18.0. The van der Waals surface area contributed by atoms with Crippen LogP contribution in [0.3, 0.4) is 0 Å². The number of benzene rings is 2. The molecule has 1 unspecified atom stereocenters. The fourth-order valence-electron chi connectivity index (χ4n) is 4.30. The van der Waals surface area contributed by atoms with Gasteiger partial charge in [-0.05, 0) is 62.4 Å². The summed E-state index contributed by atoms with van der Waals surface area (Å²) in [7, 11) is 0. The number of carbonyl (C=O) groups is 2. The first kappa shape index (κ1) is 21.2. The van der Waals surface area contributed by atoms with Crippen LogP contribution in [0.25, 0.3) is 16.7 Å². The number of aromatic nitrogens is 1. The summed E-state index contributed by atoms with van der Waals surface area (Å²) in [6, 6.07) is 10.5. The quantitative estimate of drug-likeness (QED) is 0.581. The van der Waals surface area contributed by atoms with Gasteiger partial charge in [0.15, 0.2) is 17.4 Å². The van der Waals surface area contributed by atoms with Crippen LogP contribution in [0.1, 0.15) is 47.8 Å². The molecule has 1 aliphatic heterocycles. The van der Waals surface area contributed by atoms with Crippen LogP contribution in [0.2, 0.25) is 0 Å². The Balaban J connectivity index is 1.54. The Morgan fingerprint density at radius 2 is 1.91 bits per heavy atom. The number of hydrogen-bond donors (Lipinski definition) is 2. The lowest BCUT2D eigenvalue weighted by atomic mass is 9.93. The van der Waals surface area contributed by atoms with E-state index in [1.54, 1.807) is 0 Å². The third-order valence-corrected chi connectivity index (χ3v) is 6.32. The lowest BCUT2D eigenvalue weighted by molar-refractivity contribution is 0.0776. The summed E-state index contributed by atoms with van der Waals surface area (Å²) >= 11 is 0. The Morgan fingerprint density at radius 3 is 2.64 bits per heavy atom. The highest BCUT2D eigenvalue weighted by Crippen LogP contribution is 2.34. The molecule has 6 nitrogen and oxygen atoms in total. The molecule has 0 radical (unpaired) electrons. The Bertz CT molecular complexity index is 1280. The highest BCUT2D eigenvalue weighted by Gasteiger charge is 2.31. The molecule has 2 heterocycles. The van der Waals surface area contributed by atoms with Gasteiger partial charge in [-0.15, -0.1) is 0 Å². The largest absolute Gasteiger partial charge is 0.412 e. The minimum Gasteiger partial charge on any atom is -0.407 e. The predicted octanol–water partition coefficient (Wildman–Crippen LogP) is 5.11. The number of alkyl carbamates (subject to hydrolysis) is 1. The molecule has 33 heavy (non-hydrogen) atoms. The SMILES string of the molecule is CC1Cc2c([nH]c3ccccc23)C(OC(=O)NC2CCC2)=CN1C(=O)c1ccc(F)c(F)c1. The predicted molar refractivity (Wildman–Crippen MR) is 119 cm³/mol. The standard InChI is InChI=1S/C25H23F2N3O3/c1-14-11-18-17-7-2-3-8-21(17)29-23(18)22(33-25(32)28-16-5-4-6-16)13-30(14)24(31)15-9-10-19(26)20(27)12-15/h2-3,7-10,12-14,16,29H,4-6,11H2,1H3,(H,28,32). The van der Waals surface area contributed by atoms with Crippen LogP contribution in [0.15, 0.2) is 48.7 Å². The molecule has 3 aromatic rings. The smallest absolute Gasteiger partial charge is 0.407 e. The molecular weight excluding hydrogens is 428 g/mol. The van der Waals surface area contributed by atoms with Gasteiger partial charge >= 0.3 is 6.09 Å². The van der Waals surface area contributed by atoms with Crippen LogP contribution in [-0.4, -0.2) is 34.0 Å². The summed E-state index contributed by atoms with van der Waals surface area (Å²) < 4.78 is 32.9. The average molecular weight is 451 g/mol. The second-order valence-electron chi connectivity index (χ2n) is 8.57. The van der Waals surface area contributed by atoms with Gasteiger partial charge in [0, 0.05) is 28.6 Å². The maximum atomic E-state index is 13.8. The lowest BCUT2D eigenvalue weighted by Crippen LogP contribution is -2.39. The molecular formula is C25H23F2N3O3. The summed E-state index contributed by atoms with van der Waals surface area (Å²) in [4.78, 5) is 30.5. The van der Waals surface area contributed by atoms with Crippen LogP contribution in [0.4, 0.5) is 13.6 Å². The first-order chi connectivity index (χ1) is 15.9. The first-order valence-electron chi connectivity index (χ1n) is 11.0. The molecule has 1 aliphatic carbocycles. The number of halogens is 2. The van der Waals surface area contributed by atoms with E-state index in [4.69, 9.17) is 4.74 Å². The fraction of sp³-hybridized carbons (Fsp3) is 0.280. The van der Waals surface area contributed by atoms with E-state index in [2.05, 4.69) is 10.3 Å². The van der Waals surface area contributed by atoms with Crippen molar-refractivity contribution in [2.75, 3.05) is 0 Å². The average Bonchev–Trinajstić information content (AvgIpc) is 3.07. The van der Waals surface area contributed by atoms with Gasteiger partial charge in [0.1, 0.15) is 0 Å². The van der Waals surface area contributed by atoms with Gasteiger partial charge < -0.3 is 19.9 Å². The number of amides is 2. The van der Waals surface area contributed by atoms with Crippen LogP contribution >= 0.6 is 0 Å². The van der Waals surface area contributed by atoms with E-state index in [1.165, 1.54) is 17.2 Å². The van der Waals surface area contributed by atoms with Crippen molar-refractivity contribution in [3.8, 4) is 0 Å². The normalized spacial score (nSPS) is 18.2. The van der Waals surface area contributed by atoms with Crippen molar-refractivity contribution in [3.05, 3.63) is 77.1 Å². The third kappa shape index (κ3) is 3.97. The Hall–Kier alpha value is -3.68. The number of nitrogens with one attached hydrogen (secondary N) is 2. The Labute approximate surface area is 189 Å². The lowest BCUT2D eigenvalue weighted by Gasteiger charge is -2.26. The summed E-state index contributed by atoms with van der Waals surface area (Å²) in [5, 5.41) is 3.81. The Kier molecular flexibility index (Phi) is 5.36. The molecule has 1 aromatic heterocycles. The number of aromatic amines is 1. The summed E-state index contributed by atoms with van der Waals surface area (Å²) in [5.74, 6) is -2.45. The first-order valence-corrected chi connectivity index (χ1v) is 11.0. The van der Waals surface area contributed by atoms with Crippen molar-refractivity contribution < 1.29 is 23.1 Å². The van der Waals surface area contributed by atoms with Gasteiger partial charge in [-0.25, -0.2) is 13.6 Å². The van der Waals surface area contributed by atoms with Gasteiger partial charge in [0.2, 0.25) is 0 Å². The minimum atomic E-state index is -1.10. The van der Waals surface area contributed by atoms with Crippen LogP contribution < -0.4 is 5.32 Å². The van der Waals surface area contributed by atoms with Crippen molar-refractivity contribution in [2.24, 2.45) is 0 Å². The molecule has 1 fully saturated rings. The number of nitrogens with zero attached hydrogens (tertiary/aromatic N) is 1. The van der Waals surface area contributed by atoms with Crippen LogP contribution in [0, 0.1) is 11.6 Å². The molecule has 0 spiro atoms. The second-order valence-corrected chi connectivity index (χ2v) is 8.57. The molecule has 1 saturated carbocycles. The minimum absolute atomic E-state index is 0.00527. The monoisotopic (exact) mass is 451 g/mol. The van der Waals surface area contributed by atoms with E-state index in [9.17, 15) is 18.4 Å². The summed E-state index contributed by atoms with van der Waals surface area (Å²) in [5.41, 5.74) is 2.43. The van der Waals surface area contributed by atoms with Crippen molar-refractivity contribution >= 4 is 28.7 Å². The second kappa shape index (κ2) is 8.35. The van der Waals surface area contributed by atoms with Crippen molar-refractivity contribution in [3.63, 3.8) is 0 Å². The molecule has 170 valence electrons. The number of rotatable bonds is 3. The van der Waals surface area contributed by atoms with Crippen molar-refractivity contribution in [1.29, 1.82) is 0 Å². The topological polar surface area (TPSA) is 74.4 Å². The van der Waals surface area contributed by atoms with Crippen LogP contribution in [-0.2, 0) is 11.2 Å². The number of carbonyl (C=O) groups excluding carboxylic acids is 2. The van der Waals surface area contributed by atoms with E-state index in [1.807, 2.05) is 31.2 Å². The van der Waals surface area contributed by atoms with Crippen LogP contribution in [0.5, 0.6) is 0 Å². The number of para-hydroxylation sites is 1. The third-order valence-electron chi connectivity index (χ3n) is 6.32. The zero-order valence-electron chi connectivity index (χ0n) is 18.0. The van der Waals surface area contributed by atoms with E-state index < -0.39 is 23.6 Å². The molecule has 2 amide bonds. The van der Waals surface area contributed by atoms with Gasteiger partial charge in [0.25, 0.3) is 5.91 Å². The maximum Gasteiger partial charge on any atom is 0.412 e. The number of ether oxygens (including phenoxy) is 1. The molecule has 8 heteroatoms. The van der Waals surface area contributed by atoms with Gasteiger partial charge in [-0.2, -0.15) is 0 Å². The number of fused-ring (bicyclic) bond motifs is 3. The van der Waals surface area contributed by atoms with Gasteiger partial charge in [-0.3, -0.25) is 4.79 Å². The molecule has 2 N–H and O–H groups in total. The molecule has 1 atom stereocenters. The summed E-state index contributed by atoms with van der Waals surface area (Å²) in [6.07, 6.45) is 4.23. The molecule has 2 aromatic carbocycles. The van der Waals surface area contributed by atoms with Crippen molar-refractivity contribution in [1.82, 2.24) is 15.2 Å². The molecule has 0 saturated heterocycles. The van der Waals surface area contributed by atoms with Gasteiger partial charge in [-0.1, -0.05) is 18.2 Å². The van der Waals surface area contributed by atoms with E-state index >= 15 is 0 Å². The van der Waals surface area contributed by atoms with E-state index in [-0.39, 0.29) is 23.4 Å². The number of hydrogen-bond acceptors (Lipinski definition) is 3. The zero-order chi connectivity index (χ0) is 23.1. The summed E-state index contributed by atoms with van der Waals surface area (Å²) in [6.45, 7) is 1.86. The molecule has 2 aliphatic rings. The Morgan fingerprint density at radius 1 is 1.12 bits per heavy atom. The van der Waals surface area contributed by atoms with E-state index in [0.29, 0.717) is 12.1 Å². The van der Waals surface area contributed by atoms with Gasteiger partial charge in [0.05, 0.1) is 11.9 Å². The molecule has 0 bridgehead atoms. The highest BCUT2D eigenvalue weighted by molar-refractivity contribution is 5.97. The number of H-pyrrole nitrogens is 1. The highest BCUT2D eigenvalue weighted by atomic mass is 19.2. The maximum absolute atomic E-state index is 13.8. The fourth-order valence-corrected chi connectivity index (χ4v) is 4.30.